The van der Waals surface area contributed by atoms with Gasteiger partial charge >= 0.3 is 0 Å². The standard InChI is InChI=1S/C13H21NO/c1-10(2)14(4)11(3)13(15)12-8-6-5-7-9-12/h5-11,13,15H,1-4H3/t11-,13?/m0/s1. The second-order valence-corrected chi connectivity index (χ2v) is 4.36. The van der Waals surface area contributed by atoms with Gasteiger partial charge in [0.15, 0.2) is 0 Å². The van der Waals surface area contributed by atoms with Crippen LogP contribution in [0, 0.1) is 0 Å². The van der Waals surface area contributed by atoms with Crippen LogP contribution >= 0.6 is 0 Å². The smallest absolute Gasteiger partial charge is 0.0942 e. The Hall–Kier alpha value is -0.860. The van der Waals surface area contributed by atoms with Gasteiger partial charge in [-0.2, -0.15) is 0 Å². The van der Waals surface area contributed by atoms with Gasteiger partial charge in [0.25, 0.3) is 0 Å². The van der Waals surface area contributed by atoms with E-state index >= 15 is 0 Å². The predicted molar refractivity (Wildman–Crippen MR) is 63.8 cm³/mol. The van der Waals surface area contributed by atoms with Crippen LogP contribution in [-0.2, 0) is 0 Å². The molecule has 0 bridgehead atoms. The van der Waals surface area contributed by atoms with Gasteiger partial charge in [-0.05, 0) is 33.4 Å². The maximum atomic E-state index is 10.2. The normalized spacial score (nSPS) is 15.7. The zero-order valence-electron chi connectivity index (χ0n) is 10.0. The first-order valence-corrected chi connectivity index (χ1v) is 5.49. The van der Waals surface area contributed by atoms with E-state index in [2.05, 4.69) is 25.7 Å². The molecule has 0 spiro atoms. The van der Waals surface area contributed by atoms with Crippen LogP contribution in [0.15, 0.2) is 30.3 Å². The molecule has 1 aromatic carbocycles. The third kappa shape index (κ3) is 3.05. The van der Waals surface area contributed by atoms with E-state index in [1.807, 2.05) is 37.4 Å². The summed E-state index contributed by atoms with van der Waals surface area (Å²) in [6.07, 6.45) is -0.418. The van der Waals surface area contributed by atoms with E-state index in [4.69, 9.17) is 0 Å². The van der Waals surface area contributed by atoms with Crippen molar-refractivity contribution in [3.05, 3.63) is 35.9 Å². The van der Waals surface area contributed by atoms with E-state index in [0.29, 0.717) is 6.04 Å². The minimum Gasteiger partial charge on any atom is -0.387 e. The first-order valence-electron chi connectivity index (χ1n) is 5.49. The number of hydrogen-bond donors (Lipinski definition) is 1. The van der Waals surface area contributed by atoms with Gasteiger partial charge in [-0.15, -0.1) is 0 Å². The summed E-state index contributed by atoms with van der Waals surface area (Å²) in [6.45, 7) is 6.32. The van der Waals surface area contributed by atoms with E-state index in [1.165, 1.54) is 0 Å². The highest BCUT2D eigenvalue weighted by atomic mass is 16.3. The molecule has 0 radical (unpaired) electrons. The Morgan fingerprint density at radius 2 is 1.60 bits per heavy atom. The average molecular weight is 207 g/mol. The summed E-state index contributed by atoms with van der Waals surface area (Å²) < 4.78 is 0. The molecule has 0 saturated carbocycles. The van der Waals surface area contributed by atoms with Gasteiger partial charge in [0.05, 0.1) is 6.10 Å². The van der Waals surface area contributed by atoms with Gasteiger partial charge in [-0.25, -0.2) is 0 Å². The van der Waals surface area contributed by atoms with E-state index < -0.39 is 6.10 Å². The van der Waals surface area contributed by atoms with Crippen molar-refractivity contribution in [3.8, 4) is 0 Å². The number of hydrogen-bond acceptors (Lipinski definition) is 2. The summed E-state index contributed by atoms with van der Waals surface area (Å²) in [5.74, 6) is 0. The average Bonchev–Trinajstić information content (AvgIpc) is 2.27. The number of benzene rings is 1. The Balaban J connectivity index is 2.73. The Bertz CT molecular complexity index is 284. The van der Waals surface area contributed by atoms with E-state index in [1.54, 1.807) is 0 Å². The largest absolute Gasteiger partial charge is 0.387 e. The number of aliphatic hydroxyl groups is 1. The number of rotatable bonds is 4. The van der Waals surface area contributed by atoms with Gasteiger partial charge in [0.1, 0.15) is 0 Å². The molecular formula is C13H21NO. The Morgan fingerprint density at radius 1 is 1.07 bits per heavy atom. The van der Waals surface area contributed by atoms with E-state index in [9.17, 15) is 5.11 Å². The third-order valence-corrected chi connectivity index (χ3v) is 3.05. The molecule has 0 heterocycles. The SMILES string of the molecule is CC(C)N(C)[C@@H](C)C(O)c1ccccc1. The molecule has 1 unspecified atom stereocenters. The zero-order chi connectivity index (χ0) is 11.4. The van der Waals surface area contributed by atoms with Crippen LogP contribution in [0.1, 0.15) is 32.4 Å². The van der Waals surface area contributed by atoms with Crippen molar-refractivity contribution in [1.82, 2.24) is 4.90 Å². The number of nitrogens with zero attached hydrogens (tertiary/aromatic N) is 1. The molecular weight excluding hydrogens is 186 g/mol. The lowest BCUT2D eigenvalue weighted by Crippen LogP contribution is -2.39. The fourth-order valence-electron chi connectivity index (χ4n) is 1.62. The summed E-state index contributed by atoms with van der Waals surface area (Å²) in [5.41, 5.74) is 0.984. The molecule has 1 N–H and O–H groups in total. The molecule has 0 fully saturated rings. The Morgan fingerprint density at radius 3 is 2.07 bits per heavy atom. The van der Waals surface area contributed by atoms with E-state index in [0.717, 1.165) is 5.56 Å². The summed E-state index contributed by atoms with van der Waals surface area (Å²) in [4.78, 5) is 2.18. The molecule has 2 nitrogen and oxygen atoms in total. The predicted octanol–water partition coefficient (Wildman–Crippen LogP) is 2.45. The number of aliphatic hydroxyl groups excluding tert-OH is 1. The van der Waals surface area contributed by atoms with Crippen molar-refractivity contribution in [2.45, 2.75) is 39.0 Å². The lowest BCUT2D eigenvalue weighted by Gasteiger charge is -2.32. The molecule has 2 heteroatoms. The van der Waals surface area contributed by atoms with Crippen LogP contribution in [0.5, 0.6) is 0 Å². The van der Waals surface area contributed by atoms with Crippen LogP contribution < -0.4 is 0 Å². The van der Waals surface area contributed by atoms with Gasteiger partial charge in [-0.1, -0.05) is 30.3 Å². The number of likely N-dealkylation sites (N-methyl/N-ethyl adjacent to an activating group) is 1. The van der Waals surface area contributed by atoms with Crippen LogP contribution in [-0.4, -0.2) is 29.1 Å². The topological polar surface area (TPSA) is 23.5 Å². The van der Waals surface area contributed by atoms with Gasteiger partial charge in [0, 0.05) is 12.1 Å². The van der Waals surface area contributed by atoms with Crippen molar-refractivity contribution in [1.29, 1.82) is 0 Å². The quantitative estimate of drug-likeness (QED) is 0.819. The highest BCUT2D eigenvalue weighted by molar-refractivity contribution is 5.18. The molecule has 0 aromatic heterocycles. The molecule has 0 amide bonds. The monoisotopic (exact) mass is 207 g/mol. The molecule has 0 aliphatic heterocycles. The maximum absolute atomic E-state index is 10.2. The maximum Gasteiger partial charge on any atom is 0.0942 e. The van der Waals surface area contributed by atoms with Gasteiger partial charge in [-0.3, -0.25) is 4.90 Å². The summed E-state index contributed by atoms with van der Waals surface area (Å²) >= 11 is 0. The highest BCUT2D eigenvalue weighted by Gasteiger charge is 2.21. The molecule has 15 heavy (non-hydrogen) atoms. The van der Waals surface area contributed by atoms with Crippen LogP contribution in [0.2, 0.25) is 0 Å². The summed E-state index contributed by atoms with van der Waals surface area (Å²) in [7, 11) is 2.04. The Kier molecular flexibility index (Phi) is 4.30. The van der Waals surface area contributed by atoms with Crippen molar-refractivity contribution in [3.63, 3.8) is 0 Å². The van der Waals surface area contributed by atoms with Gasteiger partial charge in [0.2, 0.25) is 0 Å². The van der Waals surface area contributed by atoms with Crippen molar-refractivity contribution >= 4 is 0 Å². The molecule has 0 aliphatic rings. The second-order valence-electron chi connectivity index (χ2n) is 4.36. The minimum atomic E-state index is -0.418. The molecule has 0 aliphatic carbocycles. The Labute approximate surface area is 92.5 Å². The molecule has 0 saturated heterocycles. The molecule has 2 atom stereocenters. The van der Waals surface area contributed by atoms with Crippen molar-refractivity contribution in [2.24, 2.45) is 0 Å². The molecule has 84 valence electrons. The lowest BCUT2D eigenvalue weighted by molar-refractivity contribution is 0.0571. The summed E-state index contributed by atoms with van der Waals surface area (Å²) in [6, 6.07) is 10.4. The van der Waals surface area contributed by atoms with Crippen LogP contribution in [0.4, 0.5) is 0 Å². The first kappa shape index (κ1) is 12.2. The van der Waals surface area contributed by atoms with Crippen LogP contribution in [0.25, 0.3) is 0 Å². The fraction of sp³-hybridized carbons (Fsp3) is 0.538. The first-order chi connectivity index (χ1) is 7.04. The fourth-order valence-corrected chi connectivity index (χ4v) is 1.62. The summed E-state index contributed by atoms with van der Waals surface area (Å²) in [5, 5.41) is 10.2. The second kappa shape index (κ2) is 5.29. The lowest BCUT2D eigenvalue weighted by atomic mass is 10.0. The third-order valence-electron chi connectivity index (χ3n) is 3.05. The molecule has 1 aromatic rings. The van der Waals surface area contributed by atoms with Crippen molar-refractivity contribution < 1.29 is 5.11 Å². The minimum absolute atomic E-state index is 0.132. The van der Waals surface area contributed by atoms with Crippen LogP contribution in [0.3, 0.4) is 0 Å². The molecule has 1 rings (SSSR count). The van der Waals surface area contributed by atoms with E-state index in [-0.39, 0.29) is 6.04 Å². The van der Waals surface area contributed by atoms with Crippen molar-refractivity contribution in [2.75, 3.05) is 7.05 Å². The zero-order valence-corrected chi connectivity index (χ0v) is 10.0. The highest BCUT2D eigenvalue weighted by Crippen LogP contribution is 2.20. The van der Waals surface area contributed by atoms with Gasteiger partial charge < -0.3 is 5.11 Å².